The van der Waals surface area contributed by atoms with E-state index in [-0.39, 0.29) is 16.7 Å². The fraction of sp³-hybridized carbons (Fsp3) is 0.533. The van der Waals surface area contributed by atoms with Crippen LogP contribution in [0.4, 0.5) is 10.2 Å². The molecule has 128 valence electrons. The minimum Gasteiger partial charge on any atom is -0.477 e. The Hall–Kier alpha value is -1.38. The first-order valence-electron chi connectivity index (χ1n) is 7.77. The Morgan fingerprint density at radius 1 is 1.29 bits per heavy atom. The highest BCUT2D eigenvalue weighted by Crippen LogP contribution is 2.38. The van der Waals surface area contributed by atoms with Crippen molar-refractivity contribution in [2.45, 2.75) is 24.0 Å². The van der Waals surface area contributed by atoms with Gasteiger partial charge in [-0.15, -0.1) is 0 Å². The minimum atomic E-state index is -0.638. The van der Waals surface area contributed by atoms with Gasteiger partial charge in [0.25, 0.3) is 0 Å². The first kappa shape index (κ1) is 16.1. The van der Waals surface area contributed by atoms with E-state index < -0.39 is 5.82 Å². The second-order valence-corrected chi connectivity index (χ2v) is 6.82. The predicted octanol–water partition coefficient (Wildman–Crippen LogP) is 2.92. The summed E-state index contributed by atoms with van der Waals surface area (Å²) >= 11 is 7.30. The fourth-order valence-electron chi connectivity index (χ4n) is 3.12. The van der Waals surface area contributed by atoms with Gasteiger partial charge in [-0.1, -0.05) is 23.4 Å². The smallest absolute Gasteiger partial charge is 0.228 e. The van der Waals surface area contributed by atoms with Crippen LogP contribution in [0, 0.1) is 5.82 Å². The number of halogens is 2. The van der Waals surface area contributed by atoms with E-state index in [0.29, 0.717) is 42.1 Å². The first-order valence-corrected chi connectivity index (χ1v) is 9.37. The van der Waals surface area contributed by atoms with Gasteiger partial charge in [0.15, 0.2) is 16.1 Å². The molecule has 4 rings (SSSR count). The first-order chi connectivity index (χ1) is 11.7. The lowest BCUT2D eigenvalue weighted by Crippen LogP contribution is -2.40. The zero-order chi connectivity index (χ0) is 16.7. The van der Waals surface area contributed by atoms with Crippen LogP contribution in [0.25, 0.3) is 10.9 Å². The fourth-order valence-corrected chi connectivity index (χ4v) is 3.65. The lowest BCUT2D eigenvalue weighted by molar-refractivity contribution is 0.126. The Labute approximate surface area is 147 Å². The van der Waals surface area contributed by atoms with Crippen LogP contribution in [-0.4, -0.2) is 53.6 Å². The van der Waals surface area contributed by atoms with Crippen LogP contribution >= 0.6 is 23.4 Å². The molecule has 2 aromatic heterocycles. The summed E-state index contributed by atoms with van der Waals surface area (Å²) in [5, 5.41) is 0.751. The normalized spacial score (nSPS) is 20.8. The van der Waals surface area contributed by atoms with Gasteiger partial charge in [0, 0.05) is 19.6 Å². The quantitative estimate of drug-likeness (QED) is 0.434. The number of aromatic nitrogens is 3. The molecule has 2 aliphatic rings. The SMILES string of the molecule is CSc1nc2c3c(nc(Cl)c(F)c3n1)OCC[C@@H]1COCCCN21. The Balaban J connectivity index is 2.02. The summed E-state index contributed by atoms with van der Waals surface area (Å²) in [6.45, 7) is 2.55. The van der Waals surface area contributed by atoms with Gasteiger partial charge in [-0.3, -0.25) is 0 Å². The van der Waals surface area contributed by atoms with Crippen molar-refractivity contribution >= 4 is 40.1 Å². The maximum Gasteiger partial charge on any atom is 0.228 e. The summed E-state index contributed by atoms with van der Waals surface area (Å²) in [5.41, 5.74) is 0.158. The van der Waals surface area contributed by atoms with Crippen molar-refractivity contribution in [1.82, 2.24) is 15.0 Å². The molecule has 1 saturated heterocycles. The Kier molecular flexibility index (Phi) is 4.36. The van der Waals surface area contributed by atoms with Crippen molar-refractivity contribution in [3.05, 3.63) is 11.0 Å². The van der Waals surface area contributed by atoms with E-state index in [1.165, 1.54) is 11.8 Å². The highest BCUT2D eigenvalue weighted by molar-refractivity contribution is 7.98. The molecule has 0 aromatic carbocycles. The molecule has 0 spiro atoms. The number of thioether (sulfide) groups is 1. The van der Waals surface area contributed by atoms with E-state index in [4.69, 9.17) is 21.1 Å². The number of fused-ring (bicyclic) bond motifs is 2. The van der Waals surface area contributed by atoms with Gasteiger partial charge in [0.05, 0.1) is 19.3 Å². The molecule has 0 radical (unpaired) electrons. The highest BCUT2D eigenvalue weighted by atomic mass is 35.5. The molecule has 2 aromatic rings. The van der Waals surface area contributed by atoms with Crippen molar-refractivity contribution in [3.8, 4) is 5.88 Å². The van der Waals surface area contributed by atoms with Gasteiger partial charge in [0.2, 0.25) is 5.88 Å². The van der Waals surface area contributed by atoms with E-state index in [1.54, 1.807) is 0 Å². The van der Waals surface area contributed by atoms with E-state index in [2.05, 4.69) is 19.9 Å². The van der Waals surface area contributed by atoms with Crippen LogP contribution in [0.5, 0.6) is 5.88 Å². The Morgan fingerprint density at radius 3 is 3.00 bits per heavy atom. The maximum absolute atomic E-state index is 14.6. The zero-order valence-electron chi connectivity index (χ0n) is 13.1. The molecule has 24 heavy (non-hydrogen) atoms. The number of pyridine rings is 1. The largest absolute Gasteiger partial charge is 0.477 e. The number of rotatable bonds is 1. The molecular weight excluding hydrogens is 355 g/mol. The number of anilines is 1. The van der Waals surface area contributed by atoms with Gasteiger partial charge in [-0.05, 0) is 12.7 Å². The third-order valence-electron chi connectivity index (χ3n) is 4.26. The topological polar surface area (TPSA) is 60.4 Å². The molecule has 6 nitrogen and oxygen atoms in total. The predicted molar refractivity (Wildman–Crippen MR) is 90.8 cm³/mol. The Bertz CT molecular complexity index is 794. The number of hydrogen-bond donors (Lipinski definition) is 0. The van der Waals surface area contributed by atoms with E-state index in [0.717, 1.165) is 19.4 Å². The number of nitrogens with zero attached hydrogens (tertiary/aromatic N) is 4. The summed E-state index contributed by atoms with van der Waals surface area (Å²) < 4.78 is 26.0. The van der Waals surface area contributed by atoms with Gasteiger partial charge >= 0.3 is 0 Å². The molecule has 0 aliphatic carbocycles. The molecule has 0 bridgehead atoms. The van der Waals surface area contributed by atoms with Crippen LogP contribution < -0.4 is 9.64 Å². The summed E-state index contributed by atoms with van der Waals surface area (Å²) in [7, 11) is 0. The molecule has 0 amide bonds. The van der Waals surface area contributed by atoms with Crippen molar-refractivity contribution in [1.29, 1.82) is 0 Å². The van der Waals surface area contributed by atoms with Crippen LogP contribution in [0.2, 0.25) is 5.15 Å². The van der Waals surface area contributed by atoms with Gasteiger partial charge < -0.3 is 14.4 Å². The van der Waals surface area contributed by atoms with Gasteiger partial charge in [-0.25, -0.2) is 14.4 Å². The van der Waals surface area contributed by atoms with Crippen LogP contribution in [0.1, 0.15) is 12.8 Å². The molecule has 0 N–H and O–H groups in total. The minimum absolute atomic E-state index is 0.132. The van der Waals surface area contributed by atoms with Crippen LogP contribution in [-0.2, 0) is 4.74 Å². The molecule has 0 saturated carbocycles. The average Bonchev–Trinajstić information content (AvgIpc) is 2.82. The van der Waals surface area contributed by atoms with Crippen LogP contribution in [0.15, 0.2) is 5.16 Å². The molecule has 4 heterocycles. The van der Waals surface area contributed by atoms with Crippen molar-refractivity contribution < 1.29 is 13.9 Å². The molecule has 9 heteroatoms. The number of hydrogen-bond acceptors (Lipinski definition) is 7. The molecule has 2 aliphatic heterocycles. The summed E-state index contributed by atoms with van der Waals surface area (Å²) in [6.07, 6.45) is 3.52. The standard InChI is InChI=1S/C15H16ClFN4O2S/c1-24-15-18-11-9-13(20-15)21-4-2-5-22-7-8(21)3-6-23-14(9)19-12(16)10(11)17/h8H,2-7H2,1H3/t8-/m1/s1. The average molecular weight is 371 g/mol. The van der Waals surface area contributed by atoms with Crippen molar-refractivity contribution in [2.75, 3.05) is 37.5 Å². The molecule has 1 atom stereocenters. The lowest BCUT2D eigenvalue weighted by atomic mass is 10.1. The molecule has 1 fully saturated rings. The Morgan fingerprint density at radius 2 is 2.17 bits per heavy atom. The molecule has 0 unspecified atom stereocenters. The van der Waals surface area contributed by atoms with Gasteiger partial charge in [-0.2, -0.15) is 4.98 Å². The summed E-state index contributed by atoms with van der Waals surface area (Å²) in [4.78, 5) is 15.2. The van der Waals surface area contributed by atoms with E-state index in [9.17, 15) is 4.39 Å². The molecular formula is C15H16ClFN4O2S. The maximum atomic E-state index is 14.6. The van der Waals surface area contributed by atoms with Crippen molar-refractivity contribution in [2.24, 2.45) is 0 Å². The zero-order valence-corrected chi connectivity index (χ0v) is 14.7. The second-order valence-electron chi connectivity index (χ2n) is 5.69. The number of ether oxygens (including phenoxy) is 2. The third-order valence-corrected chi connectivity index (χ3v) is 5.05. The monoisotopic (exact) mass is 370 g/mol. The third kappa shape index (κ3) is 2.66. The highest BCUT2D eigenvalue weighted by Gasteiger charge is 2.31. The van der Waals surface area contributed by atoms with E-state index in [1.807, 2.05) is 6.26 Å². The van der Waals surface area contributed by atoms with Crippen LogP contribution in [0.3, 0.4) is 0 Å². The lowest BCUT2D eigenvalue weighted by Gasteiger charge is -2.33. The van der Waals surface area contributed by atoms with E-state index >= 15 is 0 Å². The summed E-state index contributed by atoms with van der Waals surface area (Å²) in [5.74, 6) is 0.307. The second kappa shape index (κ2) is 6.50. The van der Waals surface area contributed by atoms with Gasteiger partial charge in [0.1, 0.15) is 16.7 Å². The summed E-state index contributed by atoms with van der Waals surface area (Å²) in [6, 6.07) is 0.132. The van der Waals surface area contributed by atoms with Crippen molar-refractivity contribution in [3.63, 3.8) is 0 Å².